The molecule has 0 fully saturated rings. The SMILES string of the molecule is Cc1ccc(-c2nc3cccc(Cl)c3n2C)cc1N. The van der Waals surface area contributed by atoms with Crippen molar-refractivity contribution in [1.82, 2.24) is 9.55 Å². The van der Waals surface area contributed by atoms with Crippen molar-refractivity contribution in [1.29, 1.82) is 0 Å². The van der Waals surface area contributed by atoms with Crippen LogP contribution in [0.5, 0.6) is 0 Å². The molecule has 3 rings (SSSR count). The number of nitrogen functional groups attached to an aromatic ring is 1. The Bertz CT molecular complexity index is 774. The molecule has 1 heterocycles. The highest BCUT2D eigenvalue weighted by Gasteiger charge is 2.12. The number of nitrogens with two attached hydrogens (primary N) is 1. The van der Waals surface area contributed by atoms with Gasteiger partial charge in [-0.3, -0.25) is 0 Å². The maximum absolute atomic E-state index is 6.23. The average molecular weight is 272 g/mol. The van der Waals surface area contributed by atoms with Crippen LogP contribution in [-0.4, -0.2) is 9.55 Å². The Labute approximate surface area is 116 Å². The van der Waals surface area contributed by atoms with Crippen molar-refractivity contribution in [3.63, 3.8) is 0 Å². The standard InChI is InChI=1S/C15H14ClN3/c1-9-6-7-10(8-12(9)17)15-18-13-5-3-4-11(16)14(13)19(15)2/h3-8H,17H2,1-2H3. The van der Waals surface area contributed by atoms with Crippen molar-refractivity contribution in [2.24, 2.45) is 7.05 Å². The predicted octanol–water partition coefficient (Wildman–Crippen LogP) is 3.78. The summed E-state index contributed by atoms with van der Waals surface area (Å²) in [5.41, 5.74) is 10.6. The van der Waals surface area contributed by atoms with Crippen LogP contribution >= 0.6 is 11.6 Å². The van der Waals surface area contributed by atoms with E-state index >= 15 is 0 Å². The van der Waals surface area contributed by atoms with Crippen LogP contribution in [0.3, 0.4) is 0 Å². The van der Waals surface area contributed by atoms with Gasteiger partial charge in [0.05, 0.1) is 16.1 Å². The molecule has 2 N–H and O–H groups in total. The lowest BCUT2D eigenvalue weighted by Crippen LogP contribution is -1.95. The van der Waals surface area contributed by atoms with Gasteiger partial charge in [0.15, 0.2) is 0 Å². The Morgan fingerprint density at radius 3 is 2.68 bits per heavy atom. The lowest BCUT2D eigenvalue weighted by atomic mass is 10.1. The molecule has 19 heavy (non-hydrogen) atoms. The van der Waals surface area contributed by atoms with Crippen molar-refractivity contribution in [2.45, 2.75) is 6.92 Å². The van der Waals surface area contributed by atoms with Crippen LogP contribution in [0.2, 0.25) is 5.02 Å². The predicted molar refractivity (Wildman–Crippen MR) is 80.3 cm³/mol. The first kappa shape index (κ1) is 12.1. The minimum absolute atomic E-state index is 0.707. The zero-order valence-electron chi connectivity index (χ0n) is 10.8. The first-order valence-electron chi connectivity index (χ1n) is 6.05. The Kier molecular flexibility index (Phi) is 2.72. The van der Waals surface area contributed by atoms with Gasteiger partial charge in [-0.05, 0) is 30.7 Å². The summed E-state index contributed by atoms with van der Waals surface area (Å²) >= 11 is 6.23. The van der Waals surface area contributed by atoms with E-state index < -0.39 is 0 Å². The molecule has 0 atom stereocenters. The van der Waals surface area contributed by atoms with Gasteiger partial charge in [0.2, 0.25) is 0 Å². The molecule has 0 radical (unpaired) electrons. The molecule has 0 aliphatic heterocycles. The van der Waals surface area contributed by atoms with E-state index in [0.29, 0.717) is 5.02 Å². The van der Waals surface area contributed by atoms with Gasteiger partial charge < -0.3 is 10.3 Å². The monoisotopic (exact) mass is 271 g/mol. The highest BCUT2D eigenvalue weighted by atomic mass is 35.5. The molecule has 4 heteroatoms. The number of anilines is 1. The minimum atomic E-state index is 0.707. The molecule has 0 aliphatic carbocycles. The molecule has 0 saturated carbocycles. The highest BCUT2D eigenvalue weighted by Crippen LogP contribution is 2.29. The van der Waals surface area contributed by atoms with E-state index in [0.717, 1.165) is 33.7 Å². The summed E-state index contributed by atoms with van der Waals surface area (Å²) in [6, 6.07) is 11.7. The van der Waals surface area contributed by atoms with Gasteiger partial charge in [-0.2, -0.15) is 0 Å². The third kappa shape index (κ3) is 1.87. The quantitative estimate of drug-likeness (QED) is 0.685. The van der Waals surface area contributed by atoms with Gasteiger partial charge in [-0.15, -0.1) is 0 Å². The second kappa shape index (κ2) is 4.28. The molecule has 3 aromatic rings. The number of benzene rings is 2. The number of hydrogen-bond acceptors (Lipinski definition) is 2. The number of halogens is 1. The second-order valence-electron chi connectivity index (χ2n) is 4.67. The number of nitrogens with zero attached hydrogens (tertiary/aromatic N) is 2. The highest BCUT2D eigenvalue weighted by molar-refractivity contribution is 6.35. The number of rotatable bonds is 1. The van der Waals surface area contributed by atoms with Crippen LogP contribution in [0.4, 0.5) is 5.69 Å². The number of fused-ring (bicyclic) bond motifs is 1. The van der Waals surface area contributed by atoms with E-state index in [-0.39, 0.29) is 0 Å². The van der Waals surface area contributed by atoms with Crippen molar-refractivity contribution >= 4 is 28.3 Å². The van der Waals surface area contributed by atoms with Crippen molar-refractivity contribution in [3.8, 4) is 11.4 Å². The van der Waals surface area contributed by atoms with Gasteiger partial charge in [0.25, 0.3) is 0 Å². The number of para-hydroxylation sites is 1. The van der Waals surface area contributed by atoms with E-state index in [2.05, 4.69) is 4.98 Å². The minimum Gasteiger partial charge on any atom is -0.398 e. The number of aryl methyl sites for hydroxylation is 2. The largest absolute Gasteiger partial charge is 0.398 e. The summed E-state index contributed by atoms with van der Waals surface area (Å²) in [5, 5.41) is 0.707. The lowest BCUT2D eigenvalue weighted by Gasteiger charge is -2.06. The van der Waals surface area contributed by atoms with Gasteiger partial charge in [-0.1, -0.05) is 29.8 Å². The van der Waals surface area contributed by atoms with Gasteiger partial charge in [0, 0.05) is 18.3 Å². The fourth-order valence-corrected chi connectivity index (χ4v) is 2.56. The molecule has 96 valence electrons. The molecular weight excluding hydrogens is 258 g/mol. The van der Waals surface area contributed by atoms with Crippen LogP contribution in [0.25, 0.3) is 22.4 Å². The second-order valence-corrected chi connectivity index (χ2v) is 5.08. The molecule has 0 bridgehead atoms. The Morgan fingerprint density at radius 2 is 2.00 bits per heavy atom. The summed E-state index contributed by atoms with van der Waals surface area (Å²) in [7, 11) is 1.96. The topological polar surface area (TPSA) is 43.8 Å². The molecule has 0 saturated heterocycles. The third-order valence-corrected chi connectivity index (χ3v) is 3.69. The number of aromatic nitrogens is 2. The van der Waals surface area contributed by atoms with E-state index in [9.17, 15) is 0 Å². The van der Waals surface area contributed by atoms with Crippen LogP contribution in [0.15, 0.2) is 36.4 Å². The Hall–Kier alpha value is -2.00. The first-order valence-corrected chi connectivity index (χ1v) is 6.43. The smallest absolute Gasteiger partial charge is 0.140 e. The maximum atomic E-state index is 6.23. The van der Waals surface area contributed by atoms with Crippen molar-refractivity contribution < 1.29 is 0 Å². The summed E-state index contributed by atoms with van der Waals surface area (Å²) in [6.07, 6.45) is 0. The van der Waals surface area contributed by atoms with Crippen LogP contribution in [0.1, 0.15) is 5.56 Å². The van der Waals surface area contributed by atoms with E-state index in [1.807, 2.05) is 54.9 Å². The van der Waals surface area contributed by atoms with Gasteiger partial charge >= 0.3 is 0 Å². The fraction of sp³-hybridized carbons (Fsp3) is 0.133. The van der Waals surface area contributed by atoms with E-state index in [1.165, 1.54) is 0 Å². The third-order valence-electron chi connectivity index (χ3n) is 3.38. The normalized spacial score (nSPS) is 11.1. The zero-order valence-corrected chi connectivity index (χ0v) is 11.6. The van der Waals surface area contributed by atoms with Crippen LogP contribution in [-0.2, 0) is 7.05 Å². The summed E-state index contributed by atoms with van der Waals surface area (Å²) in [6.45, 7) is 1.99. The fourth-order valence-electron chi connectivity index (χ4n) is 2.26. The molecule has 0 aliphatic rings. The van der Waals surface area contributed by atoms with Gasteiger partial charge in [-0.25, -0.2) is 4.98 Å². The molecule has 0 unspecified atom stereocenters. The van der Waals surface area contributed by atoms with Gasteiger partial charge in [0.1, 0.15) is 5.82 Å². The zero-order chi connectivity index (χ0) is 13.6. The molecule has 3 nitrogen and oxygen atoms in total. The van der Waals surface area contributed by atoms with Crippen LogP contribution in [0, 0.1) is 6.92 Å². The van der Waals surface area contributed by atoms with E-state index in [1.54, 1.807) is 0 Å². The van der Waals surface area contributed by atoms with Crippen molar-refractivity contribution in [2.75, 3.05) is 5.73 Å². The molecule has 0 amide bonds. The first-order chi connectivity index (χ1) is 9.08. The Morgan fingerprint density at radius 1 is 1.21 bits per heavy atom. The Balaban J connectivity index is 2.28. The average Bonchev–Trinajstić information content (AvgIpc) is 2.72. The maximum Gasteiger partial charge on any atom is 0.140 e. The summed E-state index contributed by atoms with van der Waals surface area (Å²) in [4.78, 5) is 4.64. The lowest BCUT2D eigenvalue weighted by molar-refractivity contribution is 0.959. The number of imidazole rings is 1. The van der Waals surface area contributed by atoms with Crippen molar-refractivity contribution in [3.05, 3.63) is 47.0 Å². The molecular formula is C15H14ClN3. The summed E-state index contributed by atoms with van der Waals surface area (Å²) < 4.78 is 2.00. The molecule has 1 aromatic heterocycles. The number of hydrogen-bond donors (Lipinski definition) is 1. The van der Waals surface area contributed by atoms with Crippen LogP contribution < -0.4 is 5.73 Å². The molecule has 2 aromatic carbocycles. The molecule has 0 spiro atoms. The summed E-state index contributed by atoms with van der Waals surface area (Å²) in [5.74, 6) is 0.870. The van der Waals surface area contributed by atoms with E-state index in [4.69, 9.17) is 17.3 Å².